The maximum absolute atomic E-state index is 3.46. The Morgan fingerprint density at radius 1 is 1.60 bits per heavy atom. The Hall–Kier alpha value is -0.260. The number of hydrogen-bond acceptors (Lipinski definition) is 0. The molecule has 0 spiro atoms. The normalized spacial score (nSPS) is 10.0. The zero-order valence-corrected chi connectivity index (χ0v) is 3.44. The number of rotatable bonds is 1. The second-order valence-corrected chi connectivity index (χ2v) is 0.761. The van der Waals surface area contributed by atoms with Gasteiger partial charge in [-0.25, -0.2) is 0 Å². The van der Waals surface area contributed by atoms with Gasteiger partial charge in [0.15, 0.2) is 0 Å². The maximum Gasteiger partial charge on any atom is -0.0202 e. The summed E-state index contributed by atoms with van der Waals surface area (Å²) in [6, 6.07) is 0. The van der Waals surface area contributed by atoms with E-state index in [1.54, 1.807) is 6.08 Å². The molecule has 0 aromatic rings. The molecule has 28 valence electrons. The molecule has 0 heteroatoms. The van der Waals surface area contributed by atoms with E-state index in [0.29, 0.717) is 0 Å². The second-order valence-electron chi connectivity index (χ2n) is 0.761. The molecule has 0 aromatic heterocycles. The van der Waals surface area contributed by atoms with Crippen molar-refractivity contribution in [3.8, 4) is 0 Å². The predicted octanol–water partition coefficient (Wildman–Crippen LogP) is 1.60. The molecule has 0 aliphatic carbocycles. The van der Waals surface area contributed by atoms with Gasteiger partial charge in [0, 0.05) is 0 Å². The molecular formula is C5H8. The van der Waals surface area contributed by atoms with Crippen molar-refractivity contribution >= 4 is 0 Å². The highest BCUT2D eigenvalue weighted by atomic mass is 13.6. The zero-order chi connectivity index (χ0) is 4.12. The maximum atomic E-state index is 3.46. The van der Waals surface area contributed by atoms with Gasteiger partial charge in [-0.15, -0.1) is 0 Å². The number of allylic oxidation sites excluding steroid dienone is 2. The van der Waals surface area contributed by atoms with Crippen LogP contribution in [0, 0.1) is 13.3 Å². The van der Waals surface area contributed by atoms with Crippen LogP contribution in [-0.2, 0) is 0 Å². The molecule has 0 rings (SSSR count). The monoisotopic (exact) mass is 68.1 g/mol. The summed E-state index contributed by atoms with van der Waals surface area (Å²) in [7, 11) is 0. The summed E-state index contributed by atoms with van der Waals surface area (Å²) in [6.45, 7) is 5.42. The summed E-state index contributed by atoms with van der Waals surface area (Å²) in [5.41, 5.74) is 0. The van der Waals surface area contributed by atoms with Crippen molar-refractivity contribution in [2.75, 3.05) is 0 Å². The van der Waals surface area contributed by atoms with Gasteiger partial charge in [0.1, 0.15) is 0 Å². The van der Waals surface area contributed by atoms with Gasteiger partial charge in [0.2, 0.25) is 0 Å². The van der Waals surface area contributed by atoms with E-state index in [1.165, 1.54) is 0 Å². The van der Waals surface area contributed by atoms with Crippen LogP contribution in [0.5, 0.6) is 0 Å². The predicted molar refractivity (Wildman–Crippen MR) is 24.5 cm³/mol. The molecule has 0 heterocycles. The van der Waals surface area contributed by atoms with E-state index >= 15 is 0 Å². The highest BCUT2D eigenvalue weighted by Crippen LogP contribution is 1.71. The first-order valence-corrected chi connectivity index (χ1v) is 1.65. The van der Waals surface area contributed by atoms with Crippen LogP contribution in [-0.4, -0.2) is 0 Å². The van der Waals surface area contributed by atoms with Gasteiger partial charge in [-0.3, -0.25) is 0 Å². The Bertz CT molecular complexity index is 27.0. The third kappa shape index (κ3) is 3.74. The fourth-order valence-electron chi connectivity index (χ4n) is 0.136. The van der Waals surface area contributed by atoms with E-state index in [4.69, 9.17) is 0 Å². The lowest BCUT2D eigenvalue weighted by Crippen LogP contribution is -1.46. The largest absolute Gasteiger partial charge is 0.0879 e. The van der Waals surface area contributed by atoms with Crippen LogP contribution in [0.3, 0.4) is 0 Å². The Morgan fingerprint density at radius 3 is 2.20 bits per heavy atom. The molecule has 0 fully saturated rings. The molecule has 0 bridgehead atoms. The SMILES string of the molecule is [CH2]/C=C/[CH]C. The van der Waals surface area contributed by atoms with Crippen molar-refractivity contribution < 1.29 is 0 Å². The summed E-state index contributed by atoms with van der Waals surface area (Å²) in [6.07, 6.45) is 5.58. The van der Waals surface area contributed by atoms with Crippen LogP contribution in [0.1, 0.15) is 6.92 Å². The molecule has 0 nitrogen and oxygen atoms in total. The Balaban J connectivity index is 2.62. The van der Waals surface area contributed by atoms with Crippen molar-refractivity contribution in [1.82, 2.24) is 0 Å². The molecule has 0 saturated heterocycles. The summed E-state index contributed by atoms with van der Waals surface area (Å²) in [5, 5.41) is 0. The first-order chi connectivity index (χ1) is 2.41. The van der Waals surface area contributed by atoms with Crippen LogP contribution < -0.4 is 0 Å². The molecule has 5 heavy (non-hydrogen) atoms. The van der Waals surface area contributed by atoms with Gasteiger partial charge >= 0.3 is 0 Å². The fourth-order valence-corrected chi connectivity index (χ4v) is 0.136. The lowest BCUT2D eigenvalue weighted by molar-refractivity contribution is 1.56. The van der Waals surface area contributed by atoms with Crippen LogP contribution in [0.2, 0.25) is 0 Å². The summed E-state index contributed by atoms with van der Waals surface area (Å²) in [4.78, 5) is 0. The van der Waals surface area contributed by atoms with Crippen molar-refractivity contribution in [2.45, 2.75) is 6.92 Å². The van der Waals surface area contributed by atoms with Crippen molar-refractivity contribution in [3.63, 3.8) is 0 Å². The molecule has 0 aliphatic heterocycles. The Morgan fingerprint density at radius 2 is 2.20 bits per heavy atom. The van der Waals surface area contributed by atoms with Crippen LogP contribution in [0.4, 0.5) is 0 Å². The fraction of sp³-hybridized carbons (Fsp3) is 0.200. The van der Waals surface area contributed by atoms with Crippen molar-refractivity contribution in [3.05, 3.63) is 25.5 Å². The first kappa shape index (κ1) is 4.74. The van der Waals surface area contributed by atoms with Crippen molar-refractivity contribution in [1.29, 1.82) is 0 Å². The van der Waals surface area contributed by atoms with Gasteiger partial charge in [0.05, 0.1) is 0 Å². The van der Waals surface area contributed by atoms with Crippen LogP contribution in [0.25, 0.3) is 0 Å². The third-order valence-electron chi connectivity index (χ3n) is 0.329. The van der Waals surface area contributed by atoms with E-state index < -0.39 is 0 Å². The van der Waals surface area contributed by atoms with Gasteiger partial charge in [-0.1, -0.05) is 19.1 Å². The highest BCUT2D eigenvalue weighted by molar-refractivity contribution is 4.92. The minimum atomic E-state index is 1.75. The summed E-state index contributed by atoms with van der Waals surface area (Å²) in [5.74, 6) is 0. The van der Waals surface area contributed by atoms with E-state index in [1.807, 2.05) is 19.4 Å². The van der Waals surface area contributed by atoms with Crippen molar-refractivity contribution in [2.24, 2.45) is 0 Å². The lowest BCUT2D eigenvalue weighted by Gasteiger charge is -1.64. The summed E-state index contributed by atoms with van der Waals surface area (Å²) >= 11 is 0. The average molecular weight is 68.1 g/mol. The standard InChI is InChI=1S/C5H8/c1-3-5-4-2/h3-5H,1H2,2H3/b5-3+. The smallest absolute Gasteiger partial charge is 0.0202 e. The second kappa shape index (κ2) is 3.74. The van der Waals surface area contributed by atoms with Gasteiger partial charge in [-0.2, -0.15) is 0 Å². The molecule has 0 amide bonds. The van der Waals surface area contributed by atoms with Gasteiger partial charge < -0.3 is 0 Å². The molecule has 0 saturated carbocycles. The van der Waals surface area contributed by atoms with E-state index in [2.05, 4.69) is 6.92 Å². The highest BCUT2D eigenvalue weighted by Gasteiger charge is 1.53. The Kier molecular flexibility index (Phi) is 3.55. The minimum Gasteiger partial charge on any atom is -0.0879 e. The van der Waals surface area contributed by atoms with Gasteiger partial charge in [0.25, 0.3) is 0 Å². The zero-order valence-electron chi connectivity index (χ0n) is 3.44. The molecule has 0 aromatic carbocycles. The first-order valence-electron chi connectivity index (χ1n) is 1.65. The minimum absolute atomic E-state index is 1.75. The van der Waals surface area contributed by atoms with Crippen LogP contribution in [0.15, 0.2) is 12.2 Å². The molecular weight excluding hydrogens is 60.1 g/mol. The molecule has 0 unspecified atom stereocenters. The third-order valence-corrected chi connectivity index (χ3v) is 0.329. The quantitative estimate of drug-likeness (QED) is 0.438. The molecule has 2 radical (unpaired) electrons. The molecule has 0 aliphatic rings. The van der Waals surface area contributed by atoms with E-state index in [9.17, 15) is 0 Å². The van der Waals surface area contributed by atoms with E-state index in [0.717, 1.165) is 0 Å². The Labute approximate surface area is 33.5 Å². The molecule has 0 N–H and O–H groups in total. The lowest BCUT2D eigenvalue weighted by atomic mass is 10.4. The van der Waals surface area contributed by atoms with Crippen LogP contribution >= 0.6 is 0 Å². The molecule has 0 atom stereocenters. The van der Waals surface area contributed by atoms with Gasteiger partial charge in [-0.05, 0) is 13.3 Å². The number of hydrogen-bond donors (Lipinski definition) is 0. The topological polar surface area (TPSA) is 0 Å². The summed E-state index contributed by atoms with van der Waals surface area (Å²) < 4.78 is 0. The van der Waals surface area contributed by atoms with E-state index in [-0.39, 0.29) is 0 Å². The average Bonchev–Trinajstić information content (AvgIpc) is 1.41.